The number of carbonyl (C=O) groups is 1. The van der Waals surface area contributed by atoms with Crippen molar-refractivity contribution >= 4 is 85.0 Å². The van der Waals surface area contributed by atoms with Gasteiger partial charge in [0.05, 0.1) is 29.9 Å². The predicted octanol–water partition coefficient (Wildman–Crippen LogP) is 2.95. The number of aliphatic hydroxyl groups is 1. The summed E-state index contributed by atoms with van der Waals surface area (Å²) in [5, 5.41) is 13.7. The van der Waals surface area contributed by atoms with Crippen LogP contribution in [0.5, 0.6) is 0 Å². The topological polar surface area (TPSA) is 84.2 Å². The van der Waals surface area contributed by atoms with Crippen LogP contribution in [0.2, 0.25) is 0 Å². The molecule has 0 amide bonds. The van der Waals surface area contributed by atoms with Crippen molar-refractivity contribution in [3.8, 4) is 0 Å². The number of aromatic nitrogens is 2. The second-order valence-corrected chi connectivity index (χ2v) is 8.20. The van der Waals surface area contributed by atoms with E-state index in [1.807, 2.05) is 18.4 Å². The molecule has 2 unspecified atom stereocenters. The summed E-state index contributed by atoms with van der Waals surface area (Å²) >= 11 is 3.80. The summed E-state index contributed by atoms with van der Waals surface area (Å²) in [5.74, 6) is -0.0858. The second kappa shape index (κ2) is 11.2. The van der Waals surface area contributed by atoms with Gasteiger partial charge in [0, 0.05) is 20.9 Å². The molecule has 1 aliphatic heterocycles. The number of Topliss-reactive ketones (excluding diaryl/α,β-unsaturated/α-hetero) is 1. The lowest BCUT2D eigenvalue weighted by molar-refractivity contribution is -0.121. The van der Waals surface area contributed by atoms with E-state index in [1.54, 1.807) is 11.8 Å². The number of nitrogens with one attached hydrogen (secondary N) is 1. The van der Waals surface area contributed by atoms with Crippen LogP contribution >= 0.6 is 68.3 Å². The molecule has 3 rings (SSSR count). The van der Waals surface area contributed by atoms with Gasteiger partial charge in [0.1, 0.15) is 0 Å². The van der Waals surface area contributed by atoms with Crippen LogP contribution in [-0.4, -0.2) is 45.4 Å². The zero-order valence-corrected chi connectivity index (χ0v) is 21.1. The zero-order chi connectivity index (χ0) is 18.0. The molecule has 0 spiro atoms. The summed E-state index contributed by atoms with van der Waals surface area (Å²) < 4.78 is 2.41. The molecule has 2 atom stereocenters. The average molecular weight is 635 g/mol. The Hall–Kier alpha value is -0.01000. The molecule has 27 heavy (non-hydrogen) atoms. The minimum atomic E-state index is -0.504. The Bertz CT molecular complexity index is 865. The maximum Gasteiger partial charge on any atom is 0.261 e. The normalized spacial score (nSPS) is 19.2. The van der Waals surface area contributed by atoms with Gasteiger partial charge in [-0.3, -0.25) is 14.2 Å². The van der Waals surface area contributed by atoms with Gasteiger partial charge in [-0.25, -0.2) is 4.98 Å². The summed E-state index contributed by atoms with van der Waals surface area (Å²) in [7, 11) is 0. The van der Waals surface area contributed by atoms with Crippen LogP contribution in [0.3, 0.4) is 0 Å². The fourth-order valence-corrected chi connectivity index (χ4v) is 4.67. The van der Waals surface area contributed by atoms with Crippen molar-refractivity contribution in [3.63, 3.8) is 0 Å². The fraction of sp³-hybridized carbons (Fsp3) is 0.471. The molecule has 1 fully saturated rings. The summed E-state index contributed by atoms with van der Waals surface area (Å²) in [4.78, 5) is 30.4. The Morgan fingerprint density at radius 3 is 2.85 bits per heavy atom. The second-order valence-electron chi connectivity index (χ2n) is 6.19. The first-order valence-corrected chi connectivity index (χ1v) is 10.5. The van der Waals surface area contributed by atoms with Crippen LogP contribution in [0.4, 0.5) is 0 Å². The summed E-state index contributed by atoms with van der Waals surface area (Å²) in [6, 6.07) is 3.50. The Morgan fingerprint density at radius 1 is 1.44 bits per heavy atom. The lowest BCUT2D eigenvalue weighted by atomic mass is 9.97. The number of hydrogen-bond acceptors (Lipinski definition) is 6. The van der Waals surface area contributed by atoms with E-state index in [0.29, 0.717) is 17.3 Å². The van der Waals surface area contributed by atoms with Crippen molar-refractivity contribution in [2.75, 3.05) is 12.8 Å². The van der Waals surface area contributed by atoms with E-state index in [0.717, 1.165) is 21.4 Å². The molecule has 1 saturated heterocycles. The maximum atomic E-state index is 12.7. The van der Waals surface area contributed by atoms with Gasteiger partial charge in [-0.05, 0) is 60.4 Å². The number of hydrogen-bond donors (Lipinski definition) is 2. The number of halogens is 3. The first-order valence-electron chi connectivity index (χ1n) is 8.15. The van der Waals surface area contributed by atoms with Gasteiger partial charge in [0.2, 0.25) is 0 Å². The standard InChI is InChI=1S/C17H20IN3O3S.2BrH/c1-25-16-6-11-13(7-12(16)18)20-9-21(17(11)24)8-10(22)5-14-15(23)3-2-4-19-14;;/h6-7,9,14-15,19,23H,2-5,8H2,1H3;2*1H. The Kier molecular flexibility index (Phi) is 10.4. The molecule has 10 heteroatoms. The molecule has 0 aliphatic carbocycles. The van der Waals surface area contributed by atoms with Gasteiger partial charge in [-0.1, -0.05) is 0 Å². The van der Waals surface area contributed by atoms with Crippen LogP contribution in [-0.2, 0) is 11.3 Å². The lowest BCUT2D eigenvalue weighted by Gasteiger charge is -2.28. The minimum Gasteiger partial charge on any atom is -0.391 e. The van der Waals surface area contributed by atoms with Crippen LogP contribution in [0, 0.1) is 3.57 Å². The largest absolute Gasteiger partial charge is 0.391 e. The molecule has 6 nitrogen and oxygen atoms in total. The Morgan fingerprint density at radius 2 is 2.19 bits per heavy atom. The van der Waals surface area contributed by atoms with Gasteiger partial charge in [-0.15, -0.1) is 45.7 Å². The van der Waals surface area contributed by atoms with Gasteiger partial charge >= 0.3 is 0 Å². The number of fused-ring (bicyclic) bond motifs is 1. The number of aliphatic hydroxyl groups excluding tert-OH is 1. The quantitative estimate of drug-likeness (QED) is 0.389. The van der Waals surface area contributed by atoms with E-state index in [2.05, 4.69) is 32.9 Å². The maximum absolute atomic E-state index is 12.7. The van der Waals surface area contributed by atoms with E-state index in [-0.39, 0.29) is 64.3 Å². The van der Waals surface area contributed by atoms with Gasteiger partial charge in [0.15, 0.2) is 5.78 Å². The summed E-state index contributed by atoms with van der Waals surface area (Å²) in [6.07, 6.45) is 4.73. The Balaban J connectivity index is 0.00000182. The monoisotopic (exact) mass is 633 g/mol. The summed E-state index contributed by atoms with van der Waals surface area (Å²) in [6.45, 7) is 0.788. The van der Waals surface area contributed by atoms with Gasteiger partial charge in [-0.2, -0.15) is 0 Å². The zero-order valence-electron chi connectivity index (χ0n) is 14.7. The molecule has 2 heterocycles. The Labute approximate surface area is 196 Å². The molecule has 0 saturated carbocycles. The number of ketones is 1. The SMILES string of the molecule is Br.Br.CSc1cc2c(=O)n(CC(=O)CC3NCCCC3O)cnc2cc1I. The van der Waals surface area contributed by atoms with Crippen molar-refractivity contribution in [2.45, 2.75) is 42.8 Å². The minimum absolute atomic E-state index is 0. The highest BCUT2D eigenvalue weighted by molar-refractivity contribution is 14.1. The third-order valence-electron chi connectivity index (χ3n) is 4.44. The summed E-state index contributed by atoms with van der Waals surface area (Å²) in [5.41, 5.74) is 0.433. The van der Waals surface area contributed by atoms with E-state index in [9.17, 15) is 14.7 Å². The molecule has 2 aromatic rings. The van der Waals surface area contributed by atoms with Crippen molar-refractivity contribution in [2.24, 2.45) is 0 Å². The van der Waals surface area contributed by atoms with Crippen LogP contribution in [0.1, 0.15) is 19.3 Å². The highest BCUT2D eigenvalue weighted by Gasteiger charge is 2.25. The number of thioether (sulfide) groups is 1. The van der Waals surface area contributed by atoms with Crippen molar-refractivity contribution in [3.05, 3.63) is 32.4 Å². The van der Waals surface area contributed by atoms with E-state index in [4.69, 9.17) is 0 Å². The molecule has 1 aromatic heterocycles. The highest BCUT2D eigenvalue weighted by Crippen LogP contribution is 2.25. The first-order chi connectivity index (χ1) is 12.0. The number of piperidine rings is 1. The molecular formula is C17H22Br2IN3O3S. The van der Waals surface area contributed by atoms with E-state index < -0.39 is 6.10 Å². The van der Waals surface area contributed by atoms with Crippen molar-refractivity contribution in [1.82, 2.24) is 14.9 Å². The molecule has 1 aliphatic rings. The van der Waals surface area contributed by atoms with Crippen LogP contribution < -0.4 is 10.9 Å². The highest BCUT2D eigenvalue weighted by atomic mass is 127. The van der Waals surface area contributed by atoms with Crippen molar-refractivity contribution in [1.29, 1.82) is 0 Å². The third kappa shape index (κ3) is 5.99. The van der Waals surface area contributed by atoms with E-state index >= 15 is 0 Å². The fourth-order valence-electron chi connectivity index (χ4n) is 3.07. The smallest absolute Gasteiger partial charge is 0.261 e. The molecule has 1 aromatic carbocycles. The van der Waals surface area contributed by atoms with Crippen LogP contribution in [0.25, 0.3) is 10.9 Å². The molecule has 0 radical (unpaired) electrons. The molecule has 2 N–H and O–H groups in total. The van der Waals surface area contributed by atoms with Crippen molar-refractivity contribution < 1.29 is 9.90 Å². The number of benzene rings is 1. The average Bonchev–Trinajstić information content (AvgIpc) is 2.59. The molecule has 0 bridgehead atoms. The van der Waals surface area contributed by atoms with E-state index in [1.165, 1.54) is 10.9 Å². The number of rotatable bonds is 5. The van der Waals surface area contributed by atoms with Gasteiger partial charge in [0.25, 0.3) is 5.56 Å². The lowest BCUT2D eigenvalue weighted by Crippen LogP contribution is -2.46. The number of nitrogens with zero attached hydrogens (tertiary/aromatic N) is 2. The molecular weight excluding hydrogens is 613 g/mol. The molecule has 150 valence electrons. The first kappa shape index (κ1) is 25.0. The van der Waals surface area contributed by atoms with Crippen LogP contribution in [0.15, 0.2) is 28.2 Å². The predicted molar refractivity (Wildman–Crippen MR) is 128 cm³/mol. The number of carbonyl (C=O) groups excluding carboxylic acids is 1. The van der Waals surface area contributed by atoms with Gasteiger partial charge < -0.3 is 10.4 Å². The third-order valence-corrected chi connectivity index (χ3v) is 6.48.